The standard InChI is InChI=1S/C19H29NO2/c1-17(11-9-14-19(2,3)21)10-7-8-15-20(22)16-18-12-5-4-6-13-18/h4-6,10,12-13,15,21H,7-9,11,14,16H2,1-3H3. The van der Waals surface area contributed by atoms with E-state index < -0.39 is 5.60 Å². The lowest BCUT2D eigenvalue weighted by Crippen LogP contribution is -2.17. The predicted molar refractivity (Wildman–Crippen MR) is 93.0 cm³/mol. The molecule has 1 aromatic rings. The minimum Gasteiger partial charge on any atom is -0.624 e. The molecule has 0 aromatic heterocycles. The summed E-state index contributed by atoms with van der Waals surface area (Å²) in [5.41, 5.74) is 1.79. The van der Waals surface area contributed by atoms with Crippen molar-refractivity contribution in [1.82, 2.24) is 0 Å². The molecule has 0 unspecified atom stereocenters. The number of rotatable bonds is 9. The third-order valence-corrected chi connectivity index (χ3v) is 3.53. The summed E-state index contributed by atoms with van der Waals surface area (Å²) in [6.07, 6.45) is 8.38. The Morgan fingerprint density at radius 1 is 1.23 bits per heavy atom. The van der Waals surface area contributed by atoms with Crippen molar-refractivity contribution in [2.75, 3.05) is 0 Å². The van der Waals surface area contributed by atoms with Crippen LogP contribution in [-0.2, 0) is 6.54 Å². The van der Waals surface area contributed by atoms with Crippen LogP contribution in [0.3, 0.4) is 0 Å². The highest BCUT2D eigenvalue weighted by atomic mass is 16.5. The fourth-order valence-electron chi connectivity index (χ4n) is 2.28. The zero-order chi connectivity index (χ0) is 16.4. The average molecular weight is 303 g/mol. The number of allylic oxidation sites excluding steroid dienone is 2. The first-order chi connectivity index (χ1) is 10.4. The van der Waals surface area contributed by atoms with Gasteiger partial charge in [0.1, 0.15) is 0 Å². The zero-order valence-electron chi connectivity index (χ0n) is 14.1. The molecule has 3 heteroatoms. The summed E-state index contributed by atoms with van der Waals surface area (Å²) in [6, 6.07) is 9.77. The predicted octanol–water partition coefficient (Wildman–Crippen LogP) is 4.44. The first-order valence-corrected chi connectivity index (χ1v) is 8.06. The number of hydrogen-bond acceptors (Lipinski definition) is 2. The van der Waals surface area contributed by atoms with Crippen molar-refractivity contribution in [2.45, 2.75) is 65.0 Å². The Hall–Kier alpha value is -1.61. The van der Waals surface area contributed by atoms with Gasteiger partial charge in [-0.3, -0.25) is 0 Å². The van der Waals surface area contributed by atoms with Gasteiger partial charge < -0.3 is 10.3 Å². The van der Waals surface area contributed by atoms with Crippen LogP contribution in [0.1, 0.15) is 58.4 Å². The maximum Gasteiger partial charge on any atom is 0.178 e. The van der Waals surface area contributed by atoms with Crippen LogP contribution in [0.4, 0.5) is 0 Å². The van der Waals surface area contributed by atoms with Crippen molar-refractivity contribution in [3.63, 3.8) is 0 Å². The van der Waals surface area contributed by atoms with E-state index in [9.17, 15) is 10.3 Å². The smallest absolute Gasteiger partial charge is 0.178 e. The van der Waals surface area contributed by atoms with E-state index in [1.165, 1.54) is 5.57 Å². The van der Waals surface area contributed by atoms with Gasteiger partial charge in [0.25, 0.3) is 0 Å². The first-order valence-electron chi connectivity index (χ1n) is 8.06. The normalized spacial score (nSPS) is 13.5. The van der Waals surface area contributed by atoms with Crippen LogP contribution < -0.4 is 0 Å². The van der Waals surface area contributed by atoms with E-state index in [2.05, 4.69) is 13.0 Å². The molecule has 0 bridgehead atoms. The Kier molecular flexibility index (Phi) is 7.89. The second-order valence-corrected chi connectivity index (χ2v) is 6.54. The summed E-state index contributed by atoms with van der Waals surface area (Å²) < 4.78 is 1.01. The lowest BCUT2D eigenvalue weighted by Gasteiger charge is -2.16. The minimum absolute atomic E-state index is 0.412. The van der Waals surface area contributed by atoms with Gasteiger partial charge in [0.2, 0.25) is 0 Å². The molecule has 122 valence electrons. The third-order valence-electron chi connectivity index (χ3n) is 3.53. The fraction of sp³-hybridized carbons (Fsp3) is 0.526. The van der Waals surface area contributed by atoms with Crippen LogP contribution in [-0.4, -0.2) is 21.7 Å². The molecule has 0 fully saturated rings. The summed E-state index contributed by atoms with van der Waals surface area (Å²) in [7, 11) is 0. The van der Waals surface area contributed by atoms with E-state index in [0.717, 1.165) is 42.4 Å². The molecule has 0 saturated carbocycles. The van der Waals surface area contributed by atoms with Crippen LogP contribution in [0.15, 0.2) is 42.0 Å². The molecule has 0 amide bonds. The van der Waals surface area contributed by atoms with Crippen LogP contribution in [0.2, 0.25) is 0 Å². The molecule has 0 aliphatic heterocycles. The Morgan fingerprint density at radius 3 is 2.55 bits per heavy atom. The van der Waals surface area contributed by atoms with Gasteiger partial charge in [-0.1, -0.05) is 42.0 Å². The average Bonchev–Trinajstić information content (AvgIpc) is 2.43. The van der Waals surface area contributed by atoms with Gasteiger partial charge in [-0.25, -0.2) is 4.74 Å². The van der Waals surface area contributed by atoms with Gasteiger partial charge in [-0.2, -0.15) is 0 Å². The number of aliphatic hydroxyl groups is 1. The van der Waals surface area contributed by atoms with Crippen LogP contribution in [0, 0.1) is 5.21 Å². The molecule has 0 radical (unpaired) electrons. The number of nitrogens with zero attached hydrogens (tertiary/aromatic N) is 1. The highest BCUT2D eigenvalue weighted by molar-refractivity contribution is 5.51. The molecule has 0 heterocycles. The van der Waals surface area contributed by atoms with Crippen LogP contribution >= 0.6 is 0 Å². The number of benzene rings is 1. The van der Waals surface area contributed by atoms with E-state index in [-0.39, 0.29) is 0 Å². The highest BCUT2D eigenvalue weighted by Gasteiger charge is 2.11. The lowest BCUT2D eigenvalue weighted by atomic mass is 9.99. The van der Waals surface area contributed by atoms with E-state index in [0.29, 0.717) is 6.54 Å². The van der Waals surface area contributed by atoms with Crippen molar-refractivity contribution in [3.05, 3.63) is 52.8 Å². The molecule has 1 N–H and O–H groups in total. The van der Waals surface area contributed by atoms with Gasteiger partial charge in [-0.15, -0.1) is 0 Å². The monoisotopic (exact) mass is 303 g/mol. The zero-order valence-corrected chi connectivity index (χ0v) is 14.1. The van der Waals surface area contributed by atoms with Gasteiger partial charge >= 0.3 is 0 Å². The largest absolute Gasteiger partial charge is 0.624 e. The summed E-state index contributed by atoms with van der Waals surface area (Å²) in [5.74, 6) is 0. The second-order valence-electron chi connectivity index (χ2n) is 6.54. The van der Waals surface area contributed by atoms with Gasteiger partial charge in [-0.05, 0) is 46.5 Å². The van der Waals surface area contributed by atoms with Crippen LogP contribution in [0.25, 0.3) is 0 Å². The summed E-state index contributed by atoms with van der Waals surface area (Å²) >= 11 is 0. The maximum absolute atomic E-state index is 11.8. The molecular formula is C19H29NO2. The molecule has 0 saturated heterocycles. The Bertz CT molecular complexity index is 484. The number of hydrogen-bond donors (Lipinski definition) is 1. The van der Waals surface area contributed by atoms with Crippen molar-refractivity contribution < 1.29 is 9.85 Å². The molecule has 0 atom stereocenters. The molecular weight excluding hydrogens is 274 g/mol. The molecule has 0 aliphatic carbocycles. The summed E-state index contributed by atoms with van der Waals surface area (Å²) in [5, 5.41) is 21.4. The van der Waals surface area contributed by atoms with E-state index in [4.69, 9.17) is 0 Å². The molecule has 22 heavy (non-hydrogen) atoms. The van der Waals surface area contributed by atoms with Gasteiger partial charge in [0.15, 0.2) is 12.8 Å². The third kappa shape index (κ3) is 9.35. The van der Waals surface area contributed by atoms with Crippen LogP contribution in [0.5, 0.6) is 0 Å². The minimum atomic E-state index is -0.575. The fourth-order valence-corrected chi connectivity index (χ4v) is 2.28. The number of unbranched alkanes of at least 4 members (excludes halogenated alkanes) is 1. The highest BCUT2D eigenvalue weighted by Crippen LogP contribution is 2.15. The van der Waals surface area contributed by atoms with E-state index >= 15 is 0 Å². The molecule has 1 rings (SSSR count). The topological polar surface area (TPSA) is 46.3 Å². The van der Waals surface area contributed by atoms with Crippen molar-refractivity contribution in [3.8, 4) is 0 Å². The number of hydroxylamine groups is 1. The molecule has 0 spiro atoms. The quantitative estimate of drug-likeness (QED) is 0.183. The first kappa shape index (κ1) is 18.4. The SMILES string of the molecule is CC(=CCCC=[N+]([O-])Cc1ccccc1)CCCC(C)(C)O. The lowest BCUT2D eigenvalue weighted by molar-refractivity contribution is -0.471. The van der Waals surface area contributed by atoms with E-state index in [1.54, 1.807) is 6.21 Å². The maximum atomic E-state index is 11.8. The Labute approximate surface area is 134 Å². The molecule has 3 nitrogen and oxygen atoms in total. The Balaban J connectivity index is 2.25. The molecule has 0 aliphatic rings. The van der Waals surface area contributed by atoms with E-state index in [1.807, 2.05) is 44.2 Å². The van der Waals surface area contributed by atoms with Gasteiger partial charge in [0, 0.05) is 12.0 Å². The Morgan fingerprint density at radius 2 is 1.91 bits per heavy atom. The summed E-state index contributed by atoms with van der Waals surface area (Å²) in [6.45, 7) is 6.21. The van der Waals surface area contributed by atoms with Crippen molar-refractivity contribution in [2.24, 2.45) is 0 Å². The molecule has 1 aromatic carbocycles. The second kappa shape index (κ2) is 9.42. The van der Waals surface area contributed by atoms with Crippen molar-refractivity contribution >= 4 is 6.21 Å². The summed E-state index contributed by atoms with van der Waals surface area (Å²) in [4.78, 5) is 0. The van der Waals surface area contributed by atoms with Gasteiger partial charge in [0.05, 0.1) is 5.60 Å². The van der Waals surface area contributed by atoms with Crippen molar-refractivity contribution in [1.29, 1.82) is 0 Å².